The number of hydrogen-bond donors (Lipinski definition) is 3. The van der Waals surface area contributed by atoms with Crippen molar-refractivity contribution in [3.63, 3.8) is 0 Å². The second-order valence-corrected chi connectivity index (χ2v) is 8.47. The highest BCUT2D eigenvalue weighted by Gasteiger charge is 2.15. The summed E-state index contributed by atoms with van der Waals surface area (Å²) >= 11 is 5.31. The van der Waals surface area contributed by atoms with Crippen LogP contribution in [0, 0.1) is 13.8 Å². The number of aryl methyl sites for hydroxylation is 2. The highest BCUT2D eigenvalue weighted by atomic mass is 32.2. The summed E-state index contributed by atoms with van der Waals surface area (Å²) in [4.78, 5) is 8.35. The van der Waals surface area contributed by atoms with Gasteiger partial charge >= 0.3 is 0 Å². The Kier molecular flexibility index (Phi) is 6.48. The summed E-state index contributed by atoms with van der Waals surface area (Å²) in [5, 5.41) is 6.43. The van der Waals surface area contributed by atoms with Crippen LogP contribution in [-0.2, 0) is 10.0 Å². The van der Waals surface area contributed by atoms with Gasteiger partial charge in [0.25, 0.3) is 10.0 Å². The van der Waals surface area contributed by atoms with Crippen LogP contribution in [0.2, 0.25) is 0 Å². The fourth-order valence-corrected chi connectivity index (χ4v) is 3.91. The Morgan fingerprint density at radius 3 is 2.33 bits per heavy atom. The zero-order chi connectivity index (χ0) is 21.7. The van der Waals surface area contributed by atoms with Crippen molar-refractivity contribution in [2.45, 2.75) is 18.7 Å². The lowest BCUT2D eigenvalue weighted by Crippen LogP contribution is -2.19. The number of hydrogen-bond acceptors (Lipinski definition) is 6. The van der Waals surface area contributed by atoms with Crippen LogP contribution >= 0.6 is 12.2 Å². The van der Waals surface area contributed by atoms with E-state index in [0.29, 0.717) is 28.1 Å². The molecule has 0 aliphatic carbocycles. The number of ether oxygens (including phenoxy) is 1. The molecular weight excluding hydrogens is 422 g/mol. The minimum Gasteiger partial charge on any atom is -0.497 e. The molecule has 156 valence electrons. The molecule has 0 amide bonds. The van der Waals surface area contributed by atoms with Crippen LogP contribution in [0.25, 0.3) is 0 Å². The van der Waals surface area contributed by atoms with Crippen molar-refractivity contribution >= 4 is 44.5 Å². The van der Waals surface area contributed by atoms with E-state index in [4.69, 9.17) is 17.0 Å². The van der Waals surface area contributed by atoms with Gasteiger partial charge in [0.1, 0.15) is 17.4 Å². The lowest BCUT2D eigenvalue weighted by molar-refractivity contribution is 0.415. The lowest BCUT2D eigenvalue weighted by Gasteiger charge is -2.12. The van der Waals surface area contributed by atoms with Gasteiger partial charge in [-0.3, -0.25) is 4.72 Å². The number of aromatic nitrogens is 2. The first-order chi connectivity index (χ1) is 14.2. The zero-order valence-corrected chi connectivity index (χ0v) is 18.3. The van der Waals surface area contributed by atoms with Crippen LogP contribution in [-0.4, -0.2) is 30.6 Å². The molecule has 0 aliphatic heterocycles. The van der Waals surface area contributed by atoms with Gasteiger partial charge in [0.2, 0.25) is 0 Å². The first-order valence-corrected chi connectivity index (χ1v) is 10.8. The minimum absolute atomic E-state index is 0.105. The number of rotatable bonds is 6. The van der Waals surface area contributed by atoms with E-state index in [0.717, 1.165) is 5.69 Å². The van der Waals surface area contributed by atoms with Gasteiger partial charge in [0.15, 0.2) is 5.11 Å². The van der Waals surface area contributed by atoms with Crippen LogP contribution < -0.4 is 20.1 Å². The normalized spacial score (nSPS) is 10.9. The molecule has 30 heavy (non-hydrogen) atoms. The largest absolute Gasteiger partial charge is 0.497 e. The summed E-state index contributed by atoms with van der Waals surface area (Å²) in [6.07, 6.45) is 0. The van der Waals surface area contributed by atoms with Crippen LogP contribution in [0.1, 0.15) is 11.5 Å². The van der Waals surface area contributed by atoms with Crippen LogP contribution in [0.5, 0.6) is 5.75 Å². The van der Waals surface area contributed by atoms with E-state index >= 15 is 0 Å². The van der Waals surface area contributed by atoms with E-state index in [1.165, 1.54) is 12.1 Å². The molecule has 0 saturated heterocycles. The van der Waals surface area contributed by atoms with E-state index in [1.807, 2.05) is 24.3 Å². The number of methoxy groups -OCH3 is 1. The summed E-state index contributed by atoms with van der Waals surface area (Å²) in [5.74, 6) is 1.43. The summed E-state index contributed by atoms with van der Waals surface area (Å²) in [7, 11) is -2.19. The van der Waals surface area contributed by atoms with Crippen LogP contribution in [0.3, 0.4) is 0 Å². The summed E-state index contributed by atoms with van der Waals surface area (Å²) in [5.41, 5.74) is 2.09. The lowest BCUT2D eigenvalue weighted by atomic mass is 10.3. The van der Waals surface area contributed by atoms with E-state index in [1.54, 1.807) is 39.2 Å². The van der Waals surface area contributed by atoms with Gasteiger partial charge in [0.05, 0.1) is 12.0 Å². The maximum Gasteiger partial charge on any atom is 0.263 e. The molecule has 0 atom stereocenters. The molecule has 2 aromatic carbocycles. The van der Waals surface area contributed by atoms with Crippen molar-refractivity contribution < 1.29 is 13.2 Å². The molecular formula is C20H21N5O3S2. The fraction of sp³-hybridized carbons (Fsp3) is 0.150. The van der Waals surface area contributed by atoms with Gasteiger partial charge in [-0.2, -0.15) is 0 Å². The van der Waals surface area contributed by atoms with Crippen molar-refractivity contribution in [1.82, 2.24) is 9.97 Å². The van der Waals surface area contributed by atoms with Crippen molar-refractivity contribution in [2.75, 3.05) is 22.5 Å². The van der Waals surface area contributed by atoms with E-state index < -0.39 is 10.0 Å². The number of anilines is 3. The fourth-order valence-electron chi connectivity index (χ4n) is 2.68. The molecule has 0 bridgehead atoms. The minimum atomic E-state index is -3.78. The molecule has 0 spiro atoms. The maximum absolute atomic E-state index is 12.6. The van der Waals surface area contributed by atoms with Crippen LogP contribution in [0.4, 0.5) is 17.2 Å². The molecule has 3 N–H and O–H groups in total. The van der Waals surface area contributed by atoms with Gasteiger partial charge in [-0.1, -0.05) is 6.07 Å². The van der Waals surface area contributed by atoms with Gasteiger partial charge in [-0.05, 0) is 62.5 Å². The van der Waals surface area contributed by atoms with E-state index in [2.05, 4.69) is 25.3 Å². The molecule has 0 fully saturated rings. The second-order valence-electron chi connectivity index (χ2n) is 6.38. The third kappa shape index (κ3) is 5.65. The average molecular weight is 444 g/mol. The highest BCUT2D eigenvalue weighted by molar-refractivity contribution is 7.92. The standard InChI is InChI=1S/C20H21N5O3S2/c1-13-11-19(22-14(2)21-13)25-30(26,27)18-9-7-15(8-10-18)23-20(29)24-16-5-4-6-17(12-16)28-3/h4-12H,1-3H3,(H,21,22,25)(H2,23,24,29). The zero-order valence-electron chi connectivity index (χ0n) is 16.6. The molecule has 3 rings (SSSR count). The summed E-state index contributed by atoms with van der Waals surface area (Å²) < 4.78 is 32.9. The van der Waals surface area contributed by atoms with Gasteiger partial charge in [-0.25, -0.2) is 18.4 Å². The molecule has 0 saturated carbocycles. The monoisotopic (exact) mass is 443 g/mol. The molecule has 1 heterocycles. The van der Waals surface area contributed by atoms with E-state index in [-0.39, 0.29) is 10.7 Å². The molecule has 1 aromatic heterocycles. The SMILES string of the molecule is COc1cccc(NC(=S)Nc2ccc(S(=O)(=O)Nc3cc(C)nc(C)n3)cc2)c1. The number of thiocarbonyl (C=S) groups is 1. The number of sulfonamides is 1. The third-order valence-electron chi connectivity index (χ3n) is 3.96. The second kappa shape index (κ2) is 9.06. The average Bonchev–Trinajstić information content (AvgIpc) is 2.67. The Bertz CT molecular complexity index is 1150. The Labute approximate surface area is 180 Å². The highest BCUT2D eigenvalue weighted by Crippen LogP contribution is 2.19. The van der Waals surface area contributed by atoms with Crippen molar-refractivity contribution in [2.24, 2.45) is 0 Å². The molecule has 0 unspecified atom stereocenters. The summed E-state index contributed by atoms with van der Waals surface area (Å²) in [6, 6.07) is 15.1. The first kappa shape index (κ1) is 21.5. The first-order valence-electron chi connectivity index (χ1n) is 8.92. The number of nitrogens with zero attached hydrogens (tertiary/aromatic N) is 2. The van der Waals surface area contributed by atoms with Crippen LogP contribution in [0.15, 0.2) is 59.5 Å². The Morgan fingerprint density at radius 1 is 0.967 bits per heavy atom. The Hall–Kier alpha value is -3.24. The Balaban J connectivity index is 1.66. The quantitative estimate of drug-likeness (QED) is 0.495. The predicted molar refractivity (Wildman–Crippen MR) is 122 cm³/mol. The number of benzene rings is 2. The molecule has 3 aromatic rings. The van der Waals surface area contributed by atoms with Gasteiger partial charge in [0, 0.05) is 29.2 Å². The molecule has 10 heteroatoms. The van der Waals surface area contributed by atoms with Crippen molar-refractivity contribution in [3.05, 3.63) is 66.1 Å². The molecule has 0 radical (unpaired) electrons. The Morgan fingerprint density at radius 2 is 1.67 bits per heavy atom. The van der Waals surface area contributed by atoms with Gasteiger partial charge in [-0.15, -0.1) is 0 Å². The topological polar surface area (TPSA) is 105 Å². The van der Waals surface area contributed by atoms with Crippen molar-refractivity contribution in [3.8, 4) is 5.75 Å². The molecule has 8 nitrogen and oxygen atoms in total. The number of nitrogens with one attached hydrogen (secondary N) is 3. The molecule has 0 aliphatic rings. The third-order valence-corrected chi connectivity index (χ3v) is 5.53. The maximum atomic E-state index is 12.6. The van der Waals surface area contributed by atoms with Gasteiger partial charge < -0.3 is 15.4 Å². The predicted octanol–water partition coefficient (Wildman–Crippen LogP) is 3.71. The van der Waals surface area contributed by atoms with E-state index in [9.17, 15) is 8.42 Å². The summed E-state index contributed by atoms with van der Waals surface area (Å²) in [6.45, 7) is 3.48. The van der Waals surface area contributed by atoms with Crippen molar-refractivity contribution in [1.29, 1.82) is 0 Å². The smallest absolute Gasteiger partial charge is 0.263 e.